The van der Waals surface area contributed by atoms with Gasteiger partial charge in [-0.15, -0.1) is 0 Å². The van der Waals surface area contributed by atoms with E-state index in [0.29, 0.717) is 42.6 Å². The highest BCUT2D eigenvalue weighted by atomic mass is 16.2. The van der Waals surface area contributed by atoms with Crippen LogP contribution in [-0.2, 0) is 4.79 Å². The molecule has 0 saturated carbocycles. The van der Waals surface area contributed by atoms with E-state index in [2.05, 4.69) is 10.3 Å². The van der Waals surface area contributed by atoms with Crippen LogP contribution in [-0.4, -0.2) is 64.1 Å². The molecular weight excluding hydrogens is 372 g/mol. The first-order valence-corrected chi connectivity index (χ1v) is 9.48. The van der Waals surface area contributed by atoms with Crippen LogP contribution in [0.1, 0.15) is 43.9 Å². The van der Waals surface area contributed by atoms with Crippen molar-refractivity contribution in [2.45, 2.75) is 18.9 Å². The molecule has 0 atom stereocenters. The molecule has 29 heavy (non-hydrogen) atoms. The van der Waals surface area contributed by atoms with Gasteiger partial charge < -0.3 is 10.2 Å². The summed E-state index contributed by atoms with van der Waals surface area (Å²) in [6.07, 6.45) is 4.36. The van der Waals surface area contributed by atoms with E-state index >= 15 is 0 Å². The maximum absolute atomic E-state index is 12.6. The Labute approximate surface area is 167 Å². The van der Waals surface area contributed by atoms with E-state index in [4.69, 9.17) is 0 Å². The van der Waals surface area contributed by atoms with Crippen LogP contribution in [0.15, 0.2) is 48.8 Å². The van der Waals surface area contributed by atoms with Crippen molar-refractivity contribution < 1.29 is 19.2 Å². The predicted molar refractivity (Wildman–Crippen MR) is 103 cm³/mol. The van der Waals surface area contributed by atoms with Crippen LogP contribution in [0.5, 0.6) is 0 Å². The van der Waals surface area contributed by atoms with Crippen molar-refractivity contribution in [1.82, 2.24) is 20.1 Å². The third-order valence-electron chi connectivity index (χ3n) is 5.30. The van der Waals surface area contributed by atoms with Gasteiger partial charge in [-0.3, -0.25) is 29.1 Å². The van der Waals surface area contributed by atoms with Crippen molar-refractivity contribution in [3.05, 3.63) is 65.5 Å². The molecule has 1 aromatic heterocycles. The number of imide groups is 1. The second-order valence-electron chi connectivity index (χ2n) is 7.11. The van der Waals surface area contributed by atoms with Gasteiger partial charge in [0.25, 0.3) is 17.7 Å². The molecule has 1 saturated heterocycles. The van der Waals surface area contributed by atoms with E-state index in [9.17, 15) is 19.2 Å². The van der Waals surface area contributed by atoms with Crippen molar-refractivity contribution in [3.63, 3.8) is 0 Å². The van der Waals surface area contributed by atoms with Gasteiger partial charge in [-0.1, -0.05) is 12.1 Å². The lowest BCUT2D eigenvalue weighted by molar-refractivity contribution is -0.132. The minimum Gasteiger partial charge on any atom is -0.349 e. The lowest BCUT2D eigenvalue weighted by Gasteiger charge is -2.33. The highest BCUT2D eigenvalue weighted by Crippen LogP contribution is 2.22. The number of hydrogen-bond donors (Lipinski definition) is 1. The van der Waals surface area contributed by atoms with Crippen molar-refractivity contribution in [2.24, 2.45) is 0 Å². The minimum atomic E-state index is -0.432. The quantitative estimate of drug-likeness (QED) is 0.786. The second kappa shape index (κ2) is 7.83. The zero-order chi connectivity index (χ0) is 20.4. The van der Waals surface area contributed by atoms with Crippen LogP contribution in [0, 0.1) is 0 Å². The summed E-state index contributed by atoms with van der Waals surface area (Å²) in [7, 11) is 0. The van der Waals surface area contributed by atoms with Gasteiger partial charge in [0.15, 0.2) is 0 Å². The monoisotopic (exact) mass is 392 g/mol. The number of benzene rings is 1. The Morgan fingerprint density at radius 2 is 1.55 bits per heavy atom. The van der Waals surface area contributed by atoms with Crippen LogP contribution < -0.4 is 5.32 Å². The number of likely N-dealkylation sites (tertiary alicyclic amines) is 1. The SMILES string of the molecule is O=C(NC1CCN(C(=O)CN2C(=O)c3ccccc3C2=O)CC1)c1ccncc1. The van der Waals surface area contributed by atoms with Crippen molar-refractivity contribution in [2.75, 3.05) is 19.6 Å². The lowest BCUT2D eigenvalue weighted by atomic mass is 10.0. The number of hydrogen-bond acceptors (Lipinski definition) is 5. The molecule has 8 heteroatoms. The fourth-order valence-corrected chi connectivity index (χ4v) is 3.66. The highest BCUT2D eigenvalue weighted by Gasteiger charge is 2.37. The molecule has 1 aromatic carbocycles. The van der Waals surface area contributed by atoms with Crippen molar-refractivity contribution >= 4 is 23.6 Å². The molecule has 2 aliphatic heterocycles. The van der Waals surface area contributed by atoms with Crippen LogP contribution in [0.25, 0.3) is 0 Å². The third-order valence-corrected chi connectivity index (χ3v) is 5.30. The van der Waals surface area contributed by atoms with E-state index in [0.717, 1.165) is 4.90 Å². The number of nitrogens with zero attached hydrogens (tertiary/aromatic N) is 3. The average molecular weight is 392 g/mol. The normalized spacial score (nSPS) is 16.7. The van der Waals surface area contributed by atoms with Gasteiger partial charge in [0, 0.05) is 37.1 Å². The number of nitrogens with one attached hydrogen (secondary N) is 1. The number of rotatable bonds is 4. The van der Waals surface area contributed by atoms with Gasteiger partial charge in [-0.05, 0) is 37.1 Å². The standard InChI is InChI=1S/C21H20N4O4/c26-18(13-25-20(28)16-3-1-2-4-17(16)21(25)29)24-11-7-15(8-12-24)23-19(27)14-5-9-22-10-6-14/h1-6,9-10,15H,7-8,11-13H2,(H,23,27). The van der Waals surface area contributed by atoms with E-state index in [1.54, 1.807) is 53.7 Å². The zero-order valence-electron chi connectivity index (χ0n) is 15.7. The maximum atomic E-state index is 12.6. The molecule has 0 unspecified atom stereocenters. The fraction of sp³-hybridized carbons (Fsp3) is 0.286. The highest BCUT2D eigenvalue weighted by molar-refractivity contribution is 6.22. The molecular formula is C21H20N4O4. The number of fused-ring (bicyclic) bond motifs is 1. The topological polar surface area (TPSA) is 99.7 Å². The van der Waals surface area contributed by atoms with Crippen LogP contribution in [0.2, 0.25) is 0 Å². The molecule has 1 fully saturated rings. The van der Waals surface area contributed by atoms with Gasteiger partial charge in [-0.2, -0.15) is 0 Å². The Kier molecular flexibility index (Phi) is 5.07. The molecule has 2 aromatic rings. The van der Waals surface area contributed by atoms with Crippen LogP contribution in [0.3, 0.4) is 0 Å². The average Bonchev–Trinajstić information content (AvgIpc) is 3.00. The smallest absolute Gasteiger partial charge is 0.262 e. The Morgan fingerprint density at radius 3 is 2.14 bits per heavy atom. The molecule has 0 bridgehead atoms. The van der Waals surface area contributed by atoms with Gasteiger partial charge >= 0.3 is 0 Å². The van der Waals surface area contributed by atoms with Crippen molar-refractivity contribution in [3.8, 4) is 0 Å². The first-order valence-electron chi connectivity index (χ1n) is 9.48. The first kappa shape index (κ1) is 18.8. The Bertz CT molecular complexity index is 933. The largest absolute Gasteiger partial charge is 0.349 e. The summed E-state index contributed by atoms with van der Waals surface area (Å²) in [5.41, 5.74) is 1.22. The second-order valence-corrected chi connectivity index (χ2v) is 7.11. The van der Waals surface area contributed by atoms with E-state index in [1.807, 2.05) is 0 Å². The number of aromatic nitrogens is 1. The van der Waals surface area contributed by atoms with Gasteiger partial charge in [0.1, 0.15) is 6.54 Å². The molecule has 8 nitrogen and oxygen atoms in total. The Morgan fingerprint density at radius 1 is 0.966 bits per heavy atom. The summed E-state index contributed by atoms with van der Waals surface area (Å²) >= 11 is 0. The molecule has 0 radical (unpaired) electrons. The molecule has 3 heterocycles. The van der Waals surface area contributed by atoms with E-state index < -0.39 is 11.8 Å². The predicted octanol–water partition coefficient (Wildman–Crippen LogP) is 1.10. The molecule has 148 valence electrons. The molecule has 2 aliphatic rings. The molecule has 1 N–H and O–H groups in total. The summed E-state index contributed by atoms with van der Waals surface area (Å²) in [5, 5.41) is 2.97. The summed E-state index contributed by atoms with van der Waals surface area (Å²) in [4.78, 5) is 56.2. The summed E-state index contributed by atoms with van der Waals surface area (Å²) < 4.78 is 0. The first-order chi connectivity index (χ1) is 14.0. The summed E-state index contributed by atoms with van der Waals surface area (Å²) in [6.45, 7) is 0.660. The number of pyridine rings is 1. The Balaban J connectivity index is 1.30. The summed E-state index contributed by atoms with van der Waals surface area (Å²) in [5.74, 6) is -1.29. The van der Waals surface area contributed by atoms with Crippen LogP contribution in [0.4, 0.5) is 0 Å². The van der Waals surface area contributed by atoms with E-state index in [1.165, 1.54) is 0 Å². The van der Waals surface area contributed by atoms with Crippen molar-refractivity contribution in [1.29, 1.82) is 0 Å². The van der Waals surface area contributed by atoms with Gasteiger partial charge in [0.2, 0.25) is 5.91 Å². The minimum absolute atomic E-state index is 0.0287. The molecule has 4 rings (SSSR count). The zero-order valence-corrected chi connectivity index (χ0v) is 15.7. The molecule has 0 spiro atoms. The van der Waals surface area contributed by atoms with Gasteiger partial charge in [0.05, 0.1) is 11.1 Å². The summed E-state index contributed by atoms with van der Waals surface area (Å²) in [6, 6.07) is 9.85. The number of amides is 4. The maximum Gasteiger partial charge on any atom is 0.262 e. The third kappa shape index (κ3) is 3.73. The molecule has 4 amide bonds. The molecule has 0 aliphatic carbocycles. The lowest BCUT2D eigenvalue weighted by Crippen LogP contribution is -2.49. The van der Waals surface area contributed by atoms with Gasteiger partial charge in [-0.25, -0.2) is 0 Å². The van der Waals surface area contributed by atoms with E-state index in [-0.39, 0.29) is 24.4 Å². The Hall–Kier alpha value is -3.55. The van der Waals surface area contributed by atoms with Crippen LogP contribution >= 0.6 is 0 Å². The number of carbonyl (C=O) groups excluding carboxylic acids is 4. The number of carbonyl (C=O) groups is 4. The number of piperidine rings is 1. The fourth-order valence-electron chi connectivity index (χ4n) is 3.66.